The van der Waals surface area contributed by atoms with Gasteiger partial charge in [0.25, 0.3) is 0 Å². The largest absolute Gasteiger partial charge is 0.497 e. The number of carboxylic acids is 1. The standard InChI is InChI=1S/C26H35N3O6/c1-18(19-9-10-21-17-22(35-2)12-11-20(21)16-19)26(34)29-15-4-7-24(31)27-13-3-6-23(30)28-14-5-8-25(32)33/h9-12,16-18H,3-8,13-15H2,1-2H3,(H,27,31)(H,28,30)(H,29,34)(H,32,33)/t18-/m0/s1. The van der Waals surface area contributed by atoms with Crippen molar-refractivity contribution in [2.45, 2.75) is 51.4 Å². The summed E-state index contributed by atoms with van der Waals surface area (Å²) in [6.45, 7) is 2.98. The molecule has 0 saturated heterocycles. The van der Waals surface area contributed by atoms with Gasteiger partial charge in [-0.15, -0.1) is 0 Å². The predicted octanol–water partition coefficient (Wildman–Crippen LogP) is 2.73. The SMILES string of the molecule is COc1ccc2cc([C@H](C)C(=O)NCCCC(=O)NCCCC(=O)NCCCC(=O)O)ccc2c1. The monoisotopic (exact) mass is 485 g/mol. The molecule has 0 aromatic heterocycles. The third kappa shape index (κ3) is 10.0. The highest BCUT2D eigenvalue weighted by Gasteiger charge is 2.15. The van der Waals surface area contributed by atoms with Gasteiger partial charge >= 0.3 is 5.97 Å². The molecule has 4 N–H and O–H groups in total. The van der Waals surface area contributed by atoms with E-state index in [0.29, 0.717) is 38.9 Å². The Morgan fingerprint density at radius 1 is 0.800 bits per heavy atom. The highest BCUT2D eigenvalue weighted by atomic mass is 16.5. The number of fused-ring (bicyclic) bond motifs is 1. The zero-order chi connectivity index (χ0) is 25.6. The van der Waals surface area contributed by atoms with Crippen molar-refractivity contribution < 1.29 is 29.0 Å². The van der Waals surface area contributed by atoms with Crippen LogP contribution in [0.1, 0.15) is 56.9 Å². The minimum Gasteiger partial charge on any atom is -0.497 e. The van der Waals surface area contributed by atoms with E-state index >= 15 is 0 Å². The summed E-state index contributed by atoms with van der Waals surface area (Å²) >= 11 is 0. The summed E-state index contributed by atoms with van der Waals surface area (Å²) in [5, 5.41) is 18.9. The third-order valence-electron chi connectivity index (χ3n) is 5.64. The molecule has 0 spiro atoms. The first kappa shape index (κ1) is 27.6. The second-order valence-electron chi connectivity index (χ2n) is 8.39. The number of ether oxygens (including phenoxy) is 1. The number of benzene rings is 2. The molecule has 0 aliphatic carbocycles. The van der Waals surface area contributed by atoms with E-state index in [4.69, 9.17) is 9.84 Å². The Kier molecular flexibility index (Phi) is 11.5. The van der Waals surface area contributed by atoms with Crippen molar-refractivity contribution in [1.82, 2.24) is 16.0 Å². The molecule has 0 fully saturated rings. The maximum absolute atomic E-state index is 12.5. The van der Waals surface area contributed by atoms with Crippen LogP contribution in [0.2, 0.25) is 0 Å². The van der Waals surface area contributed by atoms with Crippen LogP contribution in [0.25, 0.3) is 10.8 Å². The Morgan fingerprint density at radius 2 is 1.34 bits per heavy atom. The highest BCUT2D eigenvalue weighted by molar-refractivity contribution is 5.88. The van der Waals surface area contributed by atoms with E-state index in [1.165, 1.54) is 0 Å². The van der Waals surface area contributed by atoms with Crippen LogP contribution in [-0.4, -0.2) is 55.5 Å². The Balaban J connectivity index is 1.60. The minimum atomic E-state index is -0.886. The van der Waals surface area contributed by atoms with Crippen molar-refractivity contribution in [1.29, 1.82) is 0 Å². The molecule has 0 radical (unpaired) electrons. The number of amides is 3. The minimum absolute atomic E-state index is 0.0230. The summed E-state index contributed by atoms with van der Waals surface area (Å²) in [6.07, 6.45) is 1.99. The van der Waals surface area contributed by atoms with Crippen LogP contribution in [-0.2, 0) is 19.2 Å². The lowest BCUT2D eigenvalue weighted by Gasteiger charge is -2.14. The highest BCUT2D eigenvalue weighted by Crippen LogP contribution is 2.25. The number of rotatable bonds is 15. The maximum atomic E-state index is 12.5. The van der Waals surface area contributed by atoms with E-state index in [9.17, 15) is 19.2 Å². The lowest BCUT2D eigenvalue weighted by molar-refractivity contribution is -0.137. The number of carbonyl (C=O) groups excluding carboxylic acids is 3. The molecule has 2 rings (SSSR count). The summed E-state index contributed by atoms with van der Waals surface area (Å²) in [7, 11) is 1.63. The van der Waals surface area contributed by atoms with Crippen molar-refractivity contribution >= 4 is 34.5 Å². The lowest BCUT2D eigenvalue weighted by atomic mass is 9.97. The molecule has 0 aliphatic heterocycles. The van der Waals surface area contributed by atoms with E-state index in [2.05, 4.69) is 16.0 Å². The van der Waals surface area contributed by atoms with E-state index in [1.807, 2.05) is 43.3 Å². The van der Waals surface area contributed by atoms with Gasteiger partial charge in [-0.25, -0.2) is 0 Å². The summed E-state index contributed by atoms with van der Waals surface area (Å²) in [5.41, 5.74) is 0.920. The van der Waals surface area contributed by atoms with Crippen molar-refractivity contribution in [2.75, 3.05) is 26.7 Å². The van der Waals surface area contributed by atoms with Crippen LogP contribution < -0.4 is 20.7 Å². The van der Waals surface area contributed by atoms with Crippen LogP contribution in [0.4, 0.5) is 0 Å². The number of hydrogen-bond donors (Lipinski definition) is 4. The van der Waals surface area contributed by atoms with Gasteiger partial charge in [0, 0.05) is 38.9 Å². The van der Waals surface area contributed by atoms with Crippen LogP contribution >= 0.6 is 0 Å². The third-order valence-corrected chi connectivity index (χ3v) is 5.64. The molecule has 0 saturated carbocycles. The zero-order valence-corrected chi connectivity index (χ0v) is 20.4. The fourth-order valence-electron chi connectivity index (χ4n) is 3.52. The Hall–Kier alpha value is -3.62. The predicted molar refractivity (Wildman–Crippen MR) is 133 cm³/mol. The summed E-state index contributed by atoms with van der Waals surface area (Å²) in [4.78, 5) is 46.5. The molecule has 0 unspecified atom stereocenters. The fourth-order valence-corrected chi connectivity index (χ4v) is 3.52. The summed E-state index contributed by atoms with van der Waals surface area (Å²) < 4.78 is 5.25. The number of carbonyl (C=O) groups is 4. The Labute approximate surface area is 205 Å². The number of hydrogen-bond acceptors (Lipinski definition) is 5. The first-order valence-corrected chi connectivity index (χ1v) is 11.9. The quantitative estimate of drug-likeness (QED) is 0.287. The molecule has 35 heavy (non-hydrogen) atoms. The number of nitrogens with one attached hydrogen (secondary N) is 3. The normalized spacial score (nSPS) is 11.5. The molecule has 2 aromatic rings. The molecular weight excluding hydrogens is 450 g/mol. The number of aliphatic carboxylic acids is 1. The summed E-state index contributed by atoms with van der Waals surface area (Å²) in [6, 6.07) is 11.7. The van der Waals surface area contributed by atoms with Crippen LogP contribution in [0, 0.1) is 0 Å². The lowest BCUT2D eigenvalue weighted by Crippen LogP contribution is -2.31. The van der Waals surface area contributed by atoms with E-state index < -0.39 is 5.97 Å². The van der Waals surface area contributed by atoms with Gasteiger partial charge in [-0.05, 0) is 54.7 Å². The molecule has 9 heteroatoms. The molecule has 9 nitrogen and oxygen atoms in total. The summed E-state index contributed by atoms with van der Waals surface area (Å²) in [5.74, 6) is -0.789. The van der Waals surface area contributed by atoms with Crippen LogP contribution in [0.5, 0.6) is 5.75 Å². The molecular formula is C26H35N3O6. The maximum Gasteiger partial charge on any atom is 0.303 e. The van der Waals surface area contributed by atoms with E-state index in [0.717, 1.165) is 22.1 Å². The van der Waals surface area contributed by atoms with Crippen LogP contribution in [0.15, 0.2) is 36.4 Å². The van der Waals surface area contributed by atoms with Gasteiger partial charge in [0.2, 0.25) is 17.7 Å². The molecule has 3 amide bonds. The molecule has 0 bridgehead atoms. The first-order valence-electron chi connectivity index (χ1n) is 11.9. The van der Waals surface area contributed by atoms with Gasteiger partial charge in [-0.1, -0.05) is 24.3 Å². The van der Waals surface area contributed by atoms with Crippen molar-refractivity contribution in [3.05, 3.63) is 42.0 Å². The molecule has 0 heterocycles. The van der Waals surface area contributed by atoms with E-state index in [1.54, 1.807) is 7.11 Å². The van der Waals surface area contributed by atoms with Gasteiger partial charge in [0.1, 0.15) is 5.75 Å². The van der Waals surface area contributed by atoms with Crippen molar-refractivity contribution in [3.8, 4) is 5.75 Å². The van der Waals surface area contributed by atoms with Gasteiger partial charge < -0.3 is 25.8 Å². The molecule has 0 aliphatic rings. The van der Waals surface area contributed by atoms with Gasteiger partial charge in [0.15, 0.2) is 0 Å². The van der Waals surface area contributed by atoms with E-state index in [-0.39, 0.29) is 42.9 Å². The van der Waals surface area contributed by atoms with Crippen molar-refractivity contribution in [3.63, 3.8) is 0 Å². The average molecular weight is 486 g/mol. The molecule has 1 atom stereocenters. The first-order chi connectivity index (χ1) is 16.8. The van der Waals surface area contributed by atoms with Gasteiger partial charge in [-0.2, -0.15) is 0 Å². The van der Waals surface area contributed by atoms with Crippen LogP contribution in [0.3, 0.4) is 0 Å². The topological polar surface area (TPSA) is 134 Å². The van der Waals surface area contributed by atoms with Gasteiger partial charge in [-0.3, -0.25) is 19.2 Å². The smallest absolute Gasteiger partial charge is 0.303 e. The zero-order valence-electron chi connectivity index (χ0n) is 20.4. The second kappa shape index (κ2) is 14.6. The molecule has 2 aromatic carbocycles. The molecule has 190 valence electrons. The van der Waals surface area contributed by atoms with Gasteiger partial charge in [0.05, 0.1) is 13.0 Å². The van der Waals surface area contributed by atoms with Crippen molar-refractivity contribution in [2.24, 2.45) is 0 Å². The average Bonchev–Trinajstić information content (AvgIpc) is 2.85. The number of carboxylic acid groups (broad SMARTS) is 1. The second-order valence-corrected chi connectivity index (χ2v) is 8.39. The fraction of sp³-hybridized carbons (Fsp3) is 0.462. The number of methoxy groups -OCH3 is 1. The Bertz CT molecular complexity index is 1020. The Morgan fingerprint density at radius 3 is 1.94 bits per heavy atom.